The van der Waals surface area contributed by atoms with Crippen LogP contribution in [0.3, 0.4) is 0 Å². The van der Waals surface area contributed by atoms with Crippen LogP contribution in [0.4, 0.5) is 0 Å². The first-order chi connectivity index (χ1) is 12.6. The maximum atomic E-state index is 12.4. The molecule has 5 nitrogen and oxygen atoms in total. The van der Waals surface area contributed by atoms with Gasteiger partial charge < -0.3 is 19.5 Å². The molecule has 0 atom stereocenters. The molecule has 0 bridgehead atoms. The van der Waals surface area contributed by atoms with Gasteiger partial charge in [-0.3, -0.25) is 4.79 Å². The van der Waals surface area contributed by atoms with E-state index in [2.05, 4.69) is 17.4 Å². The fraction of sp³-hybridized carbons (Fsp3) is 0.381. The van der Waals surface area contributed by atoms with Gasteiger partial charge in [-0.1, -0.05) is 18.2 Å². The van der Waals surface area contributed by atoms with Crippen molar-refractivity contribution < 1.29 is 19.0 Å². The first-order valence-electron chi connectivity index (χ1n) is 8.72. The maximum absolute atomic E-state index is 12.4. The van der Waals surface area contributed by atoms with Gasteiger partial charge in [0.05, 0.1) is 27.8 Å². The predicted molar refractivity (Wildman–Crippen MR) is 100 cm³/mol. The monoisotopic (exact) mass is 355 g/mol. The zero-order valence-electron chi connectivity index (χ0n) is 15.5. The van der Waals surface area contributed by atoms with Crippen LogP contribution >= 0.6 is 0 Å². The minimum Gasteiger partial charge on any atom is -0.497 e. The second kappa shape index (κ2) is 7.68. The standard InChI is InChI=1S/C21H25NO4/c1-24-17-7-5-16(6-8-17)21(10-11-21)14-22-20(23)13-15-4-9-18(25-2)19(12-15)26-3/h4-9,12H,10-11,13-14H2,1-3H3,(H,22,23). The topological polar surface area (TPSA) is 56.8 Å². The third-order valence-corrected chi connectivity index (χ3v) is 4.99. The Morgan fingerprint density at radius 1 is 0.962 bits per heavy atom. The van der Waals surface area contributed by atoms with Crippen molar-refractivity contribution in [1.29, 1.82) is 0 Å². The van der Waals surface area contributed by atoms with E-state index in [1.807, 2.05) is 30.3 Å². The molecule has 3 rings (SSSR count). The summed E-state index contributed by atoms with van der Waals surface area (Å²) in [6.45, 7) is 0.658. The number of benzene rings is 2. The van der Waals surface area contributed by atoms with Crippen LogP contribution in [0.2, 0.25) is 0 Å². The second-order valence-electron chi connectivity index (χ2n) is 6.65. The third kappa shape index (κ3) is 3.93. The van der Waals surface area contributed by atoms with Crippen molar-refractivity contribution in [2.24, 2.45) is 0 Å². The molecule has 5 heteroatoms. The van der Waals surface area contributed by atoms with Gasteiger partial charge >= 0.3 is 0 Å². The highest BCUT2D eigenvalue weighted by atomic mass is 16.5. The van der Waals surface area contributed by atoms with E-state index in [0.717, 1.165) is 24.2 Å². The largest absolute Gasteiger partial charge is 0.497 e. The summed E-state index contributed by atoms with van der Waals surface area (Å²) in [6, 6.07) is 13.7. The molecule has 138 valence electrons. The van der Waals surface area contributed by atoms with Gasteiger partial charge in [0.2, 0.25) is 5.91 Å². The lowest BCUT2D eigenvalue weighted by Crippen LogP contribution is -2.33. The van der Waals surface area contributed by atoms with Crippen LogP contribution in [0.5, 0.6) is 17.2 Å². The number of hydrogen-bond acceptors (Lipinski definition) is 4. The van der Waals surface area contributed by atoms with E-state index < -0.39 is 0 Å². The van der Waals surface area contributed by atoms with E-state index in [0.29, 0.717) is 24.5 Å². The molecule has 0 aromatic heterocycles. The minimum atomic E-state index is 0.0111. The molecule has 1 N–H and O–H groups in total. The second-order valence-corrected chi connectivity index (χ2v) is 6.65. The SMILES string of the molecule is COc1ccc(C2(CNC(=O)Cc3ccc(OC)c(OC)c3)CC2)cc1. The van der Waals surface area contributed by atoms with Gasteiger partial charge in [-0.2, -0.15) is 0 Å². The Kier molecular flexibility index (Phi) is 5.35. The number of ether oxygens (including phenoxy) is 3. The summed E-state index contributed by atoms with van der Waals surface area (Å²) in [5, 5.41) is 3.08. The molecule has 0 unspecified atom stereocenters. The van der Waals surface area contributed by atoms with Crippen molar-refractivity contribution in [3.63, 3.8) is 0 Å². The number of methoxy groups -OCH3 is 3. The Bertz CT molecular complexity index is 766. The molecule has 1 fully saturated rings. The summed E-state index contributed by atoms with van der Waals surface area (Å²) in [7, 11) is 4.85. The molecule has 1 aliphatic carbocycles. The highest BCUT2D eigenvalue weighted by Gasteiger charge is 2.44. The van der Waals surface area contributed by atoms with Crippen molar-refractivity contribution in [1.82, 2.24) is 5.32 Å². The van der Waals surface area contributed by atoms with Gasteiger partial charge in [0.25, 0.3) is 0 Å². The summed E-state index contributed by atoms with van der Waals surface area (Å²) in [5.41, 5.74) is 2.22. The lowest BCUT2D eigenvalue weighted by atomic mass is 9.95. The van der Waals surface area contributed by atoms with E-state index in [-0.39, 0.29) is 11.3 Å². The molecule has 1 aliphatic rings. The summed E-state index contributed by atoms with van der Waals surface area (Å²) in [4.78, 5) is 12.4. The molecular weight excluding hydrogens is 330 g/mol. The Morgan fingerprint density at radius 2 is 1.65 bits per heavy atom. The average molecular weight is 355 g/mol. The summed E-state index contributed by atoms with van der Waals surface area (Å²) in [5.74, 6) is 2.15. The van der Waals surface area contributed by atoms with Crippen LogP contribution in [-0.4, -0.2) is 33.8 Å². The Balaban J connectivity index is 1.58. The number of nitrogens with one attached hydrogen (secondary N) is 1. The molecule has 1 saturated carbocycles. The van der Waals surface area contributed by atoms with Crippen LogP contribution in [0.1, 0.15) is 24.0 Å². The molecular formula is C21H25NO4. The average Bonchev–Trinajstić information content (AvgIpc) is 3.47. The Morgan fingerprint density at radius 3 is 2.23 bits per heavy atom. The van der Waals surface area contributed by atoms with Crippen molar-refractivity contribution in [3.05, 3.63) is 53.6 Å². The number of amides is 1. The summed E-state index contributed by atoms with van der Waals surface area (Å²) >= 11 is 0. The fourth-order valence-corrected chi connectivity index (χ4v) is 3.17. The molecule has 1 amide bonds. The van der Waals surface area contributed by atoms with E-state index in [4.69, 9.17) is 14.2 Å². The maximum Gasteiger partial charge on any atom is 0.224 e. The highest BCUT2D eigenvalue weighted by molar-refractivity contribution is 5.79. The molecule has 2 aromatic rings. The summed E-state index contributed by atoms with van der Waals surface area (Å²) < 4.78 is 15.7. The van der Waals surface area contributed by atoms with Gasteiger partial charge in [0, 0.05) is 12.0 Å². The number of carbonyl (C=O) groups excluding carboxylic acids is 1. The molecule has 0 heterocycles. The van der Waals surface area contributed by atoms with Crippen LogP contribution in [0.15, 0.2) is 42.5 Å². The van der Waals surface area contributed by atoms with Crippen molar-refractivity contribution in [2.75, 3.05) is 27.9 Å². The van der Waals surface area contributed by atoms with E-state index in [9.17, 15) is 4.79 Å². The lowest BCUT2D eigenvalue weighted by Gasteiger charge is -2.17. The zero-order chi connectivity index (χ0) is 18.6. The van der Waals surface area contributed by atoms with Crippen molar-refractivity contribution in [2.45, 2.75) is 24.7 Å². The molecule has 0 saturated heterocycles. The van der Waals surface area contributed by atoms with Crippen molar-refractivity contribution in [3.8, 4) is 17.2 Å². The quantitative estimate of drug-likeness (QED) is 0.791. The smallest absolute Gasteiger partial charge is 0.224 e. The zero-order valence-corrected chi connectivity index (χ0v) is 15.5. The molecule has 0 radical (unpaired) electrons. The van der Waals surface area contributed by atoms with Crippen molar-refractivity contribution >= 4 is 5.91 Å². The van der Waals surface area contributed by atoms with Crippen LogP contribution < -0.4 is 19.5 Å². The third-order valence-electron chi connectivity index (χ3n) is 4.99. The predicted octanol–water partition coefficient (Wildman–Crippen LogP) is 3.10. The first-order valence-corrected chi connectivity index (χ1v) is 8.72. The molecule has 0 aliphatic heterocycles. The van der Waals surface area contributed by atoms with Crippen LogP contribution in [-0.2, 0) is 16.6 Å². The summed E-state index contributed by atoms with van der Waals surface area (Å²) in [6.07, 6.45) is 2.50. The highest BCUT2D eigenvalue weighted by Crippen LogP contribution is 2.47. The van der Waals surface area contributed by atoms with E-state index in [1.54, 1.807) is 21.3 Å². The van der Waals surface area contributed by atoms with Crippen LogP contribution in [0, 0.1) is 0 Å². The molecule has 2 aromatic carbocycles. The van der Waals surface area contributed by atoms with E-state index in [1.165, 1.54) is 5.56 Å². The number of rotatable bonds is 8. The van der Waals surface area contributed by atoms with Gasteiger partial charge in [-0.25, -0.2) is 0 Å². The van der Waals surface area contributed by atoms with Gasteiger partial charge in [-0.15, -0.1) is 0 Å². The fourth-order valence-electron chi connectivity index (χ4n) is 3.17. The van der Waals surface area contributed by atoms with Gasteiger partial charge in [0.1, 0.15) is 5.75 Å². The van der Waals surface area contributed by atoms with Gasteiger partial charge in [0.15, 0.2) is 11.5 Å². The number of carbonyl (C=O) groups is 1. The Labute approximate surface area is 154 Å². The normalized spacial score (nSPS) is 14.4. The number of hydrogen-bond donors (Lipinski definition) is 1. The Hall–Kier alpha value is -2.69. The molecule has 26 heavy (non-hydrogen) atoms. The van der Waals surface area contributed by atoms with E-state index >= 15 is 0 Å². The minimum absolute atomic E-state index is 0.0111. The van der Waals surface area contributed by atoms with Gasteiger partial charge in [-0.05, 0) is 48.2 Å². The first kappa shape index (κ1) is 18.1. The van der Waals surface area contributed by atoms with Crippen LogP contribution in [0.25, 0.3) is 0 Å². The lowest BCUT2D eigenvalue weighted by molar-refractivity contribution is -0.120. The molecule has 0 spiro atoms.